The summed E-state index contributed by atoms with van der Waals surface area (Å²) in [5, 5.41) is 19.5. The van der Waals surface area contributed by atoms with Gasteiger partial charge in [-0.05, 0) is 6.42 Å². The van der Waals surface area contributed by atoms with E-state index in [1.807, 2.05) is 0 Å². The Morgan fingerprint density at radius 3 is 2.61 bits per heavy atom. The molecule has 1 unspecified atom stereocenters. The van der Waals surface area contributed by atoms with E-state index in [9.17, 15) is 32.6 Å². The smallest absolute Gasteiger partial charge is 0.390 e. The highest BCUT2D eigenvalue weighted by atomic mass is 35.5. The van der Waals surface area contributed by atoms with Crippen molar-refractivity contribution in [2.45, 2.75) is 56.8 Å². The molecule has 0 saturated carbocycles. The largest absolute Gasteiger partial charge is 0.406 e. The summed E-state index contributed by atoms with van der Waals surface area (Å²) in [6.07, 6.45) is -13.3. The topological polar surface area (TPSA) is 128 Å². The number of nitrogens with zero attached hydrogens (tertiary/aromatic N) is 4. The molecular weight excluding hydrogens is 414 g/mol. The Balaban J connectivity index is 2.22. The predicted octanol–water partition coefficient (Wildman–Crippen LogP) is 0.758. The summed E-state index contributed by atoms with van der Waals surface area (Å²) in [4.78, 5) is 20.0. The Kier molecular flexibility index (Phi) is 5.29. The highest BCUT2D eigenvalue weighted by Gasteiger charge is 2.49. The van der Waals surface area contributed by atoms with Gasteiger partial charge in [0.15, 0.2) is 23.2 Å². The summed E-state index contributed by atoms with van der Waals surface area (Å²) in [5.41, 5.74) is 3.20. The number of halogens is 5. The van der Waals surface area contributed by atoms with Crippen LogP contribution in [-0.2, 0) is 11.3 Å². The number of alkyl halides is 4. The van der Waals surface area contributed by atoms with Crippen molar-refractivity contribution in [3.8, 4) is 0 Å². The van der Waals surface area contributed by atoms with Crippen LogP contribution in [0.15, 0.2) is 4.79 Å². The molecule has 0 aromatic carbocycles. The van der Waals surface area contributed by atoms with Crippen LogP contribution in [0, 0.1) is 0 Å². The van der Waals surface area contributed by atoms with E-state index in [0.717, 1.165) is 0 Å². The van der Waals surface area contributed by atoms with Crippen LogP contribution < -0.4 is 11.4 Å². The first-order chi connectivity index (χ1) is 13.0. The van der Waals surface area contributed by atoms with E-state index in [1.54, 1.807) is 0 Å². The molecule has 9 nitrogen and oxygen atoms in total. The number of hydrogen-bond acceptors (Lipinski definition) is 7. The van der Waals surface area contributed by atoms with Crippen LogP contribution in [0.5, 0.6) is 0 Å². The van der Waals surface area contributed by atoms with Crippen LogP contribution in [0.4, 0.5) is 23.5 Å². The fourth-order valence-electron chi connectivity index (χ4n) is 3.12. The first-order valence-corrected chi connectivity index (χ1v) is 8.50. The van der Waals surface area contributed by atoms with E-state index in [1.165, 1.54) is 6.92 Å². The second kappa shape index (κ2) is 7.13. The zero-order valence-electron chi connectivity index (χ0n) is 14.3. The van der Waals surface area contributed by atoms with Gasteiger partial charge in [0, 0.05) is 0 Å². The van der Waals surface area contributed by atoms with Crippen molar-refractivity contribution in [1.82, 2.24) is 19.1 Å². The number of aliphatic hydroxyl groups is 2. The summed E-state index contributed by atoms with van der Waals surface area (Å²) in [5.74, 6) is -0.454. The van der Waals surface area contributed by atoms with Gasteiger partial charge in [-0.25, -0.2) is 13.8 Å². The molecule has 2 aromatic heterocycles. The van der Waals surface area contributed by atoms with Gasteiger partial charge in [-0.1, -0.05) is 18.5 Å². The van der Waals surface area contributed by atoms with E-state index in [0.29, 0.717) is 4.57 Å². The number of anilines is 1. The molecule has 0 aliphatic carbocycles. The van der Waals surface area contributed by atoms with Gasteiger partial charge < -0.3 is 20.7 Å². The summed E-state index contributed by atoms with van der Waals surface area (Å²) in [7, 11) is 0. The minimum atomic E-state index is -4.80. The molecule has 1 fully saturated rings. The molecule has 2 aromatic rings. The molecule has 5 atom stereocenters. The maximum absolute atomic E-state index is 14.4. The van der Waals surface area contributed by atoms with Crippen LogP contribution in [0.1, 0.15) is 19.6 Å². The van der Waals surface area contributed by atoms with E-state index in [2.05, 4.69) is 9.97 Å². The molecular formula is C14H16ClF4N5O4. The summed E-state index contributed by atoms with van der Waals surface area (Å²) < 4.78 is 59.3. The number of fused-ring (bicyclic) bond motifs is 1. The van der Waals surface area contributed by atoms with E-state index < -0.39 is 71.4 Å². The fourth-order valence-corrected chi connectivity index (χ4v) is 3.39. The van der Waals surface area contributed by atoms with Gasteiger partial charge in [0.1, 0.15) is 24.3 Å². The average molecular weight is 430 g/mol. The Morgan fingerprint density at radius 2 is 2.04 bits per heavy atom. The molecule has 1 aliphatic heterocycles. The molecule has 1 saturated heterocycles. The van der Waals surface area contributed by atoms with E-state index in [4.69, 9.17) is 22.1 Å². The van der Waals surface area contributed by atoms with Crippen molar-refractivity contribution < 1.29 is 32.5 Å². The van der Waals surface area contributed by atoms with Crippen molar-refractivity contribution in [3.05, 3.63) is 15.6 Å². The molecule has 28 heavy (non-hydrogen) atoms. The Hall–Kier alpha value is -1.96. The van der Waals surface area contributed by atoms with Gasteiger partial charge in [-0.15, -0.1) is 0 Å². The van der Waals surface area contributed by atoms with Crippen LogP contribution in [-0.4, -0.2) is 60.0 Å². The monoisotopic (exact) mass is 429 g/mol. The van der Waals surface area contributed by atoms with Crippen molar-refractivity contribution in [2.75, 3.05) is 5.73 Å². The molecule has 156 valence electrons. The molecule has 3 rings (SSSR count). The van der Waals surface area contributed by atoms with E-state index in [-0.39, 0.29) is 11.0 Å². The normalized spacial score (nSPS) is 26.9. The molecule has 3 heterocycles. The average Bonchev–Trinajstić information content (AvgIpc) is 3.01. The van der Waals surface area contributed by atoms with Crippen LogP contribution >= 0.6 is 11.6 Å². The summed E-state index contributed by atoms with van der Waals surface area (Å²) in [6, 6.07) is 0. The number of imidazole rings is 1. The number of hydrogen-bond donors (Lipinski definition) is 3. The summed E-state index contributed by atoms with van der Waals surface area (Å²) in [6.45, 7) is -0.194. The van der Waals surface area contributed by atoms with E-state index >= 15 is 0 Å². The van der Waals surface area contributed by atoms with Gasteiger partial charge in [0.2, 0.25) is 5.95 Å². The highest BCUT2D eigenvalue weighted by Crippen LogP contribution is 2.35. The van der Waals surface area contributed by atoms with Crippen molar-refractivity contribution in [1.29, 1.82) is 0 Å². The van der Waals surface area contributed by atoms with Gasteiger partial charge in [-0.2, -0.15) is 23.1 Å². The highest BCUT2D eigenvalue weighted by molar-refractivity contribution is 6.33. The van der Waals surface area contributed by atoms with Crippen molar-refractivity contribution >= 4 is 28.7 Å². The summed E-state index contributed by atoms with van der Waals surface area (Å²) >= 11 is 5.87. The zero-order chi connectivity index (χ0) is 21.0. The lowest BCUT2D eigenvalue weighted by molar-refractivity contribution is -0.140. The van der Waals surface area contributed by atoms with Gasteiger partial charge in [0.25, 0.3) is 0 Å². The molecule has 0 bridgehead atoms. The Bertz CT molecular complexity index is 948. The van der Waals surface area contributed by atoms with Crippen molar-refractivity contribution in [3.63, 3.8) is 0 Å². The molecule has 0 radical (unpaired) electrons. The number of rotatable bonds is 4. The molecule has 0 amide bonds. The number of aromatic nitrogens is 4. The van der Waals surface area contributed by atoms with Crippen LogP contribution in [0.3, 0.4) is 0 Å². The second-order valence-electron chi connectivity index (χ2n) is 6.30. The standard InChI is InChI=1S/C14H16ClF4N5O4/c1-2-4(25)8-5(16)7(26)11(28-8)24-10-6(9(15)21-12(20)22-10)23(13(24)27)3-14(17,18)19/h4-5,7-8,11,25-26H,2-3H2,1H3,(H2,20,21,22)/t4?,5-,7-,8-,11-/m1/s1. The quantitative estimate of drug-likeness (QED) is 0.483. The third-order valence-electron chi connectivity index (χ3n) is 4.39. The first kappa shape index (κ1) is 20.8. The second-order valence-corrected chi connectivity index (χ2v) is 6.66. The molecule has 0 spiro atoms. The Morgan fingerprint density at radius 1 is 1.39 bits per heavy atom. The minimum Gasteiger partial charge on any atom is -0.390 e. The number of nitrogens with two attached hydrogens (primary N) is 1. The lowest BCUT2D eigenvalue weighted by Crippen LogP contribution is -2.36. The molecule has 14 heteroatoms. The molecule has 1 aliphatic rings. The number of aliphatic hydroxyl groups excluding tert-OH is 2. The third-order valence-corrected chi connectivity index (χ3v) is 4.66. The predicted molar refractivity (Wildman–Crippen MR) is 88.4 cm³/mol. The van der Waals surface area contributed by atoms with Gasteiger partial charge in [0.05, 0.1) is 6.10 Å². The first-order valence-electron chi connectivity index (χ1n) is 8.12. The fraction of sp³-hybridized carbons (Fsp3) is 0.643. The Labute approximate surface area is 159 Å². The molecule has 4 N–H and O–H groups in total. The number of nitrogen functional groups attached to an aromatic ring is 1. The third kappa shape index (κ3) is 3.43. The van der Waals surface area contributed by atoms with Gasteiger partial charge in [-0.3, -0.25) is 4.57 Å². The maximum atomic E-state index is 14.4. The zero-order valence-corrected chi connectivity index (χ0v) is 15.0. The van der Waals surface area contributed by atoms with Crippen LogP contribution in [0.25, 0.3) is 11.2 Å². The van der Waals surface area contributed by atoms with Crippen molar-refractivity contribution in [2.24, 2.45) is 0 Å². The lowest BCUT2D eigenvalue weighted by Gasteiger charge is -2.18. The number of ether oxygens (including phenoxy) is 1. The van der Waals surface area contributed by atoms with Crippen LogP contribution in [0.2, 0.25) is 5.15 Å². The van der Waals surface area contributed by atoms with Gasteiger partial charge >= 0.3 is 11.9 Å². The SMILES string of the molecule is CCC(O)[C@H]1O[C@@H](n2c(=O)n(CC(F)(F)F)c3c(Cl)nc(N)nc32)[C@H](O)[C@H]1F. The maximum Gasteiger partial charge on any atom is 0.406 e. The lowest BCUT2D eigenvalue weighted by atomic mass is 10.1. The minimum absolute atomic E-state index is 0.0796.